The highest BCUT2D eigenvalue weighted by molar-refractivity contribution is 9.10. The van der Waals surface area contributed by atoms with Crippen molar-refractivity contribution in [2.45, 2.75) is 4.21 Å². The number of hydrogen-bond acceptors (Lipinski definition) is 4. The first-order valence-electron chi connectivity index (χ1n) is 5.45. The van der Waals surface area contributed by atoms with Gasteiger partial charge >= 0.3 is 5.97 Å². The Kier molecular flexibility index (Phi) is 4.46. The molecule has 8 heteroatoms. The second-order valence-corrected chi connectivity index (χ2v) is 7.77. The quantitative estimate of drug-likeness (QED) is 0.871. The maximum absolute atomic E-state index is 12.5. The Labute approximate surface area is 128 Å². The third-order valence-electron chi connectivity index (χ3n) is 2.43. The van der Waals surface area contributed by atoms with Gasteiger partial charge in [0.05, 0.1) is 5.69 Å². The van der Waals surface area contributed by atoms with Crippen LogP contribution in [-0.4, -0.2) is 26.0 Å². The van der Waals surface area contributed by atoms with E-state index in [1.165, 1.54) is 6.07 Å². The highest BCUT2D eigenvalue weighted by Gasteiger charge is 2.27. The van der Waals surface area contributed by atoms with Crippen LogP contribution in [0.15, 0.2) is 50.5 Å². The van der Waals surface area contributed by atoms with Crippen molar-refractivity contribution in [2.24, 2.45) is 0 Å². The van der Waals surface area contributed by atoms with Crippen molar-refractivity contribution in [3.05, 3.63) is 46.3 Å². The number of halogens is 1. The maximum atomic E-state index is 12.5. The Morgan fingerprint density at radius 3 is 2.40 bits per heavy atom. The van der Waals surface area contributed by atoms with Crippen molar-refractivity contribution in [2.75, 3.05) is 10.8 Å². The summed E-state index contributed by atoms with van der Waals surface area (Å²) >= 11 is 4.30. The SMILES string of the molecule is O=C(O)CN(c1ccc(Br)cc1)S(=O)(=O)c1cccs1. The number of carbonyl (C=O) groups is 1. The van der Waals surface area contributed by atoms with Crippen LogP contribution in [0.25, 0.3) is 0 Å². The molecule has 20 heavy (non-hydrogen) atoms. The maximum Gasteiger partial charge on any atom is 0.324 e. The number of benzene rings is 1. The molecule has 0 fully saturated rings. The molecule has 0 aliphatic heterocycles. The molecule has 0 spiro atoms. The Balaban J connectivity index is 2.48. The normalized spacial score (nSPS) is 11.2. The number of anilines is 1. The lowest BCUT2D eigenvalue weighted by Crippen LogP contribution is -2.35. The second-order valence-electron chi connectivity index (χ2n) is 3.81. The molecule has 106 valence electrons. The first kappa shape index (κ1) is 15.0. The van der Waals surface area contributed by atoms with E-state index in [1.54, 1.807) is 35.7 Å². The molecule has 0 bridgehead atoms. The van der Waals surface area contributed by atoms with Crippen LogP contribution in [0.2, 0.25) is 0 Å². The summed E-state index contributed by atoms with van der Waals surface area (Å²) in [4.78, 5) is 11.0. The molecule has 1 aromatic heterocycles. The van der Waals surface area contributed by atoms with Gasteiger partial charge in [-0.25, -0.2) is 8.42 Å². The summed E-state index contributed by atoms with van der Waals surface area (Å²) in [5.41, 5.74) is 0.309. The number of nitrogens with zero attached hydrogens (tertiary/aromatic N) is 1. The van der Waals surface area contributed by atoms with Crippen LogP contribution in [0.1, 0.15) is 0 Å². The van der Waals surface area contributed by atoms with E-state index >= 15 is 0 Å². The number of thiophene rings is 1. The molecular formula is C12H10BrNO4S2. The molecule has 5 nitrogen and oxygen atoms in total. The summed E-state index contributed by atoms with van der Waals surface area (Å²) in [5.74, 6) is -1.21. The lowest BCUT2D eigenvalue weighted by molar-refractivity contribution is -0.135. The van der Waals surface area contributed by atoms with Gasteiger partial charge in [-0.15, -0.1) is 11.3 Å². The van der Waals surface area contributed by atoms with Crippen molar-refractivity contribution >= 4 is 48.9 Å². The highest BCUT2D eigenvalue weighted by atomic mass is 79.9. The molecule has 0 aliphatic carbocycles. The molecule has 0 atom stereocenters. The standard InChI is InChI=1S/C12H10BrNO4S2/c13-9-3-5-10(6-4-9)14(8-11(15)16)20(17,18)12-2-1-7-19-12/h1-7H,8H2,(H,15,16). The van der Waals surface area contributed by atoms with E-state index in [1.807, 2.05) is 0 Å². The zero-order chi connectivity index (χ0) is 14.8. The first-order chi connectivity index (χ1) is 9.41. The van der Waals surface area contributed by atoms with Crippen LogP contribution in [-0.2, 0) is 14.8 Å². The summed E-state index contributed by atoms with van der Waals surface area (Å²) in [7, 11) is -3.86. The van der Waals surface area contributed by atoms with Gasteiger partial charge in [0.2, 0.25) is 0 Å². The van der Waals surface area contributed by atoms with Crippen molar-refractivity contribution < 1.29 is 18.3 Å². The number of carboxylic acid groups (broad SMARTS) is 1. The minimum atomic E-state index is -3.86. The predicted octanol–water partition coefficient (Wildman–Crippen LogP) is 2.79. The van der Waals surface area contributed by atoms with Crippen LogP contribution in [0, 0.1) is 0 Å². The second kappa shape index (κ2) is 5.94. The van der Waals surface area contributed by atoms with Gasteiger partial charge in [-0.1, -0.05) is 22.0 Å². The zero-order valence-corrected chi connectivity index (χ0v) is 13.3. The molecule has 1 aromatic carbocycles. The van der Waals surface area contributed by atoms with Crippen molar-refractivity contribution in [3.8, 4) is 0 Å². The molecule has 0 saturated carbocycles. The van der Waals surface area contributed by atoms with Crippen molar-refractivity contribution in [1.82, 2.24) is 0 Å². The van der Waals surface area contributed by atoms with Gasteiger partial charge in [0.15, 0.2) is 0 Å². The summed E-state index contributed by atoms with van der Waals surface area (Å²) in [6, 6.07) is 9.49. The average molecular weight is 376 g/mol. The lowest BCUT2D eigenvalue weighted by Gasteiger charge is -2.21. The fourth-order valence-electron chi connectivity index (χ4n) is 1.56. The Bertz CT molecular complexity index is 696. The van der Waals surface area contributed by atoms with Gasteiger partial charge in [-0.2, -0.15) is 0 Å². The van der Waals surface area contributed by atoms with Gasteiger partial charge in [0.1, 0.15) is 10.8 Å². The van der Waals surface area contributed by atoms with Gasteiger partial charge in [-0.05, 0) is 35.7 Å². The van der Waals surface area contributed by atoms with E-state index in [9.17, 15) is 13.2 Å². The fraction of sp³-hybridized carbons (Fsp3) is 0.0833. The van der Waals surface area contributed by atoms with E-state index < -0.39 is 22.5 Å². The van der Waals surface area contributed by atoms with E-state index in [2.05, 4.69) is 15.9 Å². The number of rotatable bonds is 5. The zero-order valence-electron chi connectivity index (χ0n) is 10.1. The van der Waals surface area contributed by atoms with Gasteiger partial charge < -0.3 is 5.11 Å². The van der Waals surface area contributed by atoms with Crippen molar-refractivity contribution in [3.63, 3.8) is 0 Å². The number of aliphatic carboxylic acids is 1. The van der Waals surface area contributed by atoms with Crippen LogP contribution in [0.5, 0.6) is 0 Å². The van der Waals surface area contributed by atoms with Gasteiger partial charge in [-0.3, -0.25) is 9.10 Å². The molecule has 0 radical (unpaired) electrons. The molecule has 2 rings (SSSR count). The van der Waals surface area contributed by atoms with Crippen LogP contribution in [0.3, 0.4) is 0 Å². The van der Waals surface area contributed by atoms with Crippen LogP contribution in [0.4, 0.5) is 5.69 Å². The monoisotopic (exact) mass is 375 g/mol. The molecule has 0 aliphatic rings. The van der Waals surface area contributed by atoms with E-state index in [4.69, 9.17) is 5.11 Å². The summed E-state index contributed by atoms with van der Waals surface area (Å²) < 4.78 is 26.7. The van der Waals surface area contributed by atoms with E-state index in [-0.39, 0.29) is 4.21 Å². The minimum absolute atomic E-state index is 0.113. The average Bonchev–Trinajstić information content (AvgIpc) is 2.91. The molecular weight excluding hydrogens is 366 g/mol. The minimum Gasteiger partial charge on any atom is -0.480 e. The largest absolute Gasteiger partial charge is 0.480 e. The molecule has 1 N–H and O–H groups in total. The van der Waals surface area contributed by atoms with E-state index in [0.29, 0.717) is 5.69 Å². The fourth-order valence-corrected chi connectivity index (χ4v) is 4.35. The van der Waals surface area contributed by atoms with Gasteiger partial charge in [0, 0.05) is 4.47 Å². The lowest BCUT2D eigenvalue weighted by atomic mass is 10.3. The molecule has 0 unspecified atom stereocenters. The summed E-state index contributed by atoms with van der Waals surface area (Å²) in [6.45, 7) is -0.623. The Morgan fingerprint density at radius 2 is 1.90 bits per heavy atom. The molecule has 2 aromatic rings. The Morgan fingerprint density at radius 1 is 1.25 bits per heavy atom. The van der Waals surface area contributed by atoms with Crippen molar-refractivity contribution in [1.29, 1.82) is 0 Å². The molecule has 0 amide bonds. The topological polar surface area (TPSA) is 74.7 Å². The van der Waals surface area contributed by atoms with E-state index in [0.717, 1.165) is 20.1 Å². The third-order valence-corrected chi connectivity index (χ3v) is 6.11. The van der Waals surface area contributed by atoms with Crippen LogP contribution < -0.4 is 4.31 Å². The predicted molar refractivity (Wildman–Crippen MR) is 80.6 cm³/mol. The smallest absolute Gasteiger partial charge is 0.324 e. The van der Waals surface area contributed by atoms with Crippen LogP contribution >= 0.6 is 27.3 Å². The highest BCUT2D eigenvalue weighted by Crippen LogP contribution is 2.27. The Hall–Kier alpha value is -1.38. The van der Waals surface area contributed by atoms with Gasteiger partial charge in [0.25, 0.3) is 10.0 Å². The summed E-state index contributed by atoms with van der Waals surface area (Å²) in [5, 5.41) is 10.6. The molecule has 0 saturated heterocycles. The first-order valence-corrected chi connectivity index (χ1v) is 8.56. The number of sulfonamides is 1. The molecule has 1 heterocycles. The summed E-state index contributed by atoms with van der Waals surface area (Å²) in [6.07, 6.45) is 0. The number of hydrogen-bond donors (Lipinski definition) is 1. The third kappa shape index (κ3) is 3.20. The number of carboxylic acids is 1.